The average molecular weight is 220 g/mol. The van der Waals surface area contributed by atoms with Gasteiger partial charge in [-0.05, 0) is 31.0 Å². The van der Waals surface area contributed by atoms with Crippen LogP contribution in [0.15, 0.2) is 24.3 Å². The van der Waals surface area contributed by atoms with Crippen LogP contribution in [-0.2, 0) is 6.42 Å². The topological polar surface area (TPSA) is 38.5 Å². The molecular formula is C13H20N2O. The minimum atomic E-state index is 0.387. The highest BCUT2D eigenvalue weighted by atomic mass is 16.5. The Balaban J connectivity index is 1.88. The molecule has 3 nitrogen and oxygen atoms in total. The van der Waals surface area contributed by atoms with Gasteiger partial charge in [0, 0.05) is 25.2 Å². The molecule has 0 radical (unpaired) electrons. The monoisotopic (exact) mass is 220 g/mol. The van der Waals surface area contributed by atoms with Crippen LogP contribution >= 0.6 is 0 Å². The van der Waals surface area contributed by atoms with Crippen LogP contribution in [0, 0.1) is 0 Å². The van der Waals surface area contributed by atoms with Crippen LogP contribution in [-0.4, -0.2) is 37.2 Å². The fraction of sp³-hybridized carbons (Fsp3) is 0.538. The molecule has 0 saturated carbocycles. The lowest BCUT2D eigenvalue weighted by Crippen LogP contribution is -2.59. The number of benzene rings is 1. The first-order chi connectivity index (χ1) is 7.69. The number of rotatable bonds is 4. The molecule has 1 atom stereocenters. The number of ether oxygens (including phenoxy) is 1. The molecule has 1 unspecified atom stereocenters. The molecule has 1 heterocycles. The Kier molecular flexibility index (Phi) is 3.46. The summed E-state index contributed by atoms with van der Waals surface area (Å²) in [7, 11) is 1.69. The molecule has 1 aromatic rings. The van der Waals surface area contributed by atoms with Gasteiger partial charge in [0.2, 0.25) is 0 Å². The summed E-state index contributed by atoms with van der Waals surface area (Å²) in [6.07, 6.45) is 1.08. The van der Waals surface area contributed by atoms with Crippen molar-refractivity contribution >= 4 is 0 Å². The summed E-state index contributed by atoms with van der Waals surface area (Å²) in [5, 5.41) is 0. The Morgan fingerprint density at radius 3 is 2.50 bits per heavy atom. The lowest BCUT2D eigenvalue weighted by atomic mass is 10.0. The summed E-state index contributed by atoms with van der Waals surface area (Å²) in [5.74, 6) is 0.919. The second-order valence-electron chi connectivity index (χ2n) is 4.62. The first-order valence-corrected chi connectivity index (χ1v) is 5.81. The number of hydrogen-bond donors (Lipinski definition) is 1. The van der Waals surface area contributed by atoms with Crippen molar-refractivity contribution in [1.82, 2.24) is 4.90 Å². The molecule has 16 heavy (non-hydrogen) atoms. The van der Waals surface area contributed by atoms with E-state index in [1.807, 2.05) is 12.1 Å². The van der Waals surface area contributed by atoms with E-state index in [4.69, 9.17) is 10.5 Å². The zero-order valence-corrected chi connectivity index (χ0v) is 10.0. The minimum Gasteiger partial charge on any atom is -0.497 e. The number of nitrogens with zero attached hydrogens (tertiary/aromatic N) is 1. The predicted molar refractivity (Wildman–Crippen MR) is 65.7 cm³/mol. The standard InChI is InChI=1S/C13H20N2O/c1-10(15-8-12(14)9-15)7-11-3-5-13(16-2)6-4-11/h3-6,10,12H,7-9,14H2,1-2H3. The summed E-state index contributed by atoms with van der Waals surface area (Å²) < 4.78 is 5.14. The van der Waals surface area contributed by atoms with E-state index in [9.17, 15) is 0 Å². The van der Waals surface area contributed by atoms with E-state index in [-0.39, 0.29) is 0 Å². The van der Waals surface area contributed by atoms with Crippen LogP contribution in [0.5, 0.6) is 5.75 Å². The normalized spacial score (nSPS) is 19.2. The van der Waals surface area contributed by atoms with Gasteiger partial charge in [0.05, 0.1) is 7.11 Å². The highest BCUT2D eigenvalue weighted by Gasteiger charge is 2.26. The maximum atomic E-state index is 5.78. The molecular weight excluding hydrogens is 200 g/mol. The van der Waals surface area contributed by atoms with Crippen molar-refractivity contribution in [3.8, 4) is 5.75 Å². The lowest BCUT2D eigenvalue weighted by Gasteiger charge is -2.41. The first kappa shape index (κ1) is 11.4. The molecule has 0 aromatic heterocycles. The van der Waals surface area contributed by atoms with Crippen LogP contribution in [0.25, 0.3) is 0 Å². The van der Waals surface area contributed by atoms with Gasteiger partial charge in [-0.1, -0.05) is 12.1 Å². The van der Waals surface area contributed by atoms with E-state index in [1.54, 1.807) is 7.11 Å². The molecule has 1 aromatic carbocycles. The Bertz CT molecular complexity index is 330. The molecule has 2 N–H and O–H groups in total. The smallest absolute Gasteiger partial charge is 0.118 e. The van der Waals surface area contributed by atoms with Crippen molar-refractivity contribution in [2.24, 2.45) is 5.73 Å². The summed E-state index contributed by atoms with van der Waals surface area (Å²) in [5.41, 5.74) is 7.14. The van der Waals surface area contributed by atoms with Crippen molar-refractivity contribution in [3.63, 3.8) is 0 Å². The van der Waals surface area contributed by atoms with Crippen LogP contribution < -0.4 is 10.5 Å². The zero-order valence-electron chi connectivity index (χ0n) is 10.0. The highest BCUT2D eigenvalue weighted by molar-refractivity contribution is 5.27. The largest absolute Gasteiger partial charge is 0.497 e. The maximum absolute atomic E-state index is 5.78. The Hall–Kier alpha value is -1.06. The van der Waals surface area contributed by atoms with Crippen molar-refractivity contribution in [3.05, 3.63) is 29.8 Å². The minimum absolute atomic E-state index is 0.387. The van der Waals surface area contributed by atoms with Gasteiger partial charge in [-0.3, -0.25) is 4.90 Å². The van der Waals surface area contributed by atoms with Gasteiger partial charge in [-0.15, -0.1) is 0 Å². The van der Waals surface area contributed by atoms with Crippen molar-refractivity contribution in [2.75, 3.05) is 20.2 Å². The van der Waals surface area contributed by atoms with Gasteiger partial charge in [-0.2, -0.15) is 0 Å². The molecule has 88 valence electrons. The second kappa shape index (κ2) is 4.85. The summed E-state index contributed by atoms with van der Waals surface area (Å²) in [4.78, 5) is 2.43. The van der Waals surface area contributed by atoms with Crippen LogP contribution in [0.2, 0.25) is 0 Å². The van der Waals surface area contributed by atoms with Gasteiger partial charge in [0.15, 0.2) is 0 Å². The highest BCUT2D eigenvalue weighted by Crippen LogP contribution is 2.17. The SMILES string of the molecule is COc1ccc(CC(C)N2CC(N)C2)cc1. The molecule has 2 rings (SSSR count). The third-order valence-corrected chi connectivity index (χ3v) is 3.25. The third-order valence-electron chi connectivity index (χ3n) is 3.25. The number of hydrogen-bond acceptors (Lipinski definition) is 3. The third kappa shape index (κ3) is 2.54. The molecule has 1 aliphatic heterocycles. The molecule has 0 amide bonds. The average Bonchev–Trinajstić information content (AvgIpc) is 2.26. The number of likely N-dealkylation sites (tertiary alicyclic amines) is 1. The fourth-order valence-corrected chi connectivity index (χ4v) is 2.14. The Morgan fingerprint density at radius 1 is 1.38 bits per heavy atom. The van der Waals surface area contributed by atoms with Crippen molar-refractivity contribution in [2.45, 2.75) is 25.4 Å². The predicted octanol–water partition coefficient (Wildman–Crippen LogP) is 1.27. The fourth-order valence-electron chi connectivity index (χ4n) is 2.14. The van der Waals surface area contributed by atoms with Gasteiger partial charge in [-0.25, -0.2) is 0 Å². The molecule has 3 heteroatoms. The van der Waals surface area contributed by atoms with E-state index in [0.717, 1.165) is 25.3 Å². The van der Waals surface area contributed by atoms with Crippen molar-refractivity contribution < 1.29 is 4.74 Å². The molecule has 1 saturated heterocycles. The van der Waals surface area contributed by atoms with E-state index in [0.29, 0.717) is 12.1 Å². The van der Waals surface area contributed by atoms with Gasteiger partial charge in [0.25, 0.3) is 0 Å². The molecule has 1 fully saturated rings. The summed E-state index contributed by atoms with van der Waals surface area (Å²) >= 11 is 0. The molecule has 1 aliphatic rings. The molecule has 0 spiro atoms. The molecule has 0 aliphatic carbocycles. The van der Waals surface area contributed by atoms with E-state index >= 15 is 0 Å². The van der Waals surface area contributed by atoms with Gasteiger partial charge in [0.1, 0.15) is 5.75 Å². The van der Waals surface area contributed by atoms with Crippen LogP contribution in [0.3, 0.4) is 0 Å². The first-order valence-electron chi connectivity index (χ1n) is 5.81. The van der Waals surface area contributed by atoms with Gasteiger partial charge >= 0.3 is 0 Å². The Morgan fingerprint density at radius 2 is 2.00 bits per heavy atom. The maximum Gasteiger partial charge on any atom is 0.118 e. The second-order valence-corrected chi connectivity index (χ2v) is 4.62. The van der Waals surface area contributed by atoms with Crippen LogP contribution in [0.4, 0.5) is 0 Å². The summed E-state index contributed by atoms with van der Waals surface area (Å²) in [6, 6.07) is 9.27. The lowest BCUT2D eigenvalue weighted by molar-refractivity contribution is 0.103. The Labute approximate surface area is 97.2 Å². The quantitative estimate of drug-likeness (QED) is 0.830. The zero-order chi connectivity index (χ0) is 11.5. The van der Waals surface area contributed by atoms with Crippen molar-refractivity contribution in [1.29, 1.82) is 0 Å². The summed E-state index contributed by atoms with van der Waals surface area (Å²) in [6.45, 7) is 4.34. The van der Waals surface area contributed by atoms with E-state index in [1.165, 1.54) is 5.56 Å². The van der Waals surface area contributed by atoms with E-state index < -0.39 is 0 Å². The van der Waals surface area contributed by atoms with Crippen LogP contribution in [0.1, 0.15) is 12.5 Å². The molecule has 0 bridgehead atoms. The van der Waals surface area contributed by atoms with Gasteiger partial charge < -0.3 is 10.5 Å². The number of methoxy groups -OCH3 is 1. The van der Waals surface area contributed by atoms with E-state index in [2.05, 4.69) is 24.0 Å². The number of nitrogens with two attached hydrogens (primary N) is 1.